The van der Waals surface area contributed by atoms with Gasteiger partial charge >= 0.3 is 6.09 Å². The molecule has 1 aliphatic carbocycles. The van der Waals surface area contributed by atoms with Crippen molar-refractivity contribution in [3.8, 4) is 0 Å². The number of aryl methyl sites for hydroxylation is 1. The Morgan fingerprint density at radius 3 is 2.72 bits per heavy atom. The van der Waals surface area contributed by atoms with Gasteiger partial charge in [0.15, 0.2) is 5.78 Å². The number of rotatable bonds is 3. The van der Waals surface area contributed by atoms with Crippen LogP contribution in [0.5, 0.6) is 0 Å². The molecular formula is C19H25BrN2O3. The molecule has 2 bridgehead atoms. The normalized spacial score (nSPS) is 25.3. The third kappa shape index (κ3) is 3.89. The average Bonchev–Trinajstić information content (AvgIpc) is 3.09. The Morgan fingerprint density at radius 1 is 1.32 bits per heavy atom. The zero-order chi connectivity index (χ0) is 18.4. The highest BCUT2D eigenvalue weighted by Gasteiger charge is 2.52. The van der Waals surface area contributed by atoms with E-state index >= 15 is 0 Å². The van der Waals surface area contributed by atoms with Crippen LogP contribution in [0.25, 0.3) is 0 Å². The number of fused-ring (bicyclic) bond motifs is 2. The Kier molecular flexibility index (Phi) is 4.93. The fourth-order valence-electron chi connectivity index (χ4n) is 3.97. The van der Waals surface area contributed by atoms with E-state index in [0.717, 1.165) is 35.1 Å². The number of aromatic nitrogens is 1. The van der Waals surface area contributed by atoms with Crippen LogP contribution in [0, 0.1) is 12.8 Å². The van der Waals surface area contributed by atoms with Crippen molar-refractivity contribution in [3.05, 3.63) is 28.0 Å². The van der Waals surface area contributed by atoms with E-state index in [1.165, 1.54) is 0 Å². The van der Waals surface area contributed by atoms with Crippen molar-refractivity contribution in [1.82, 2.24) is 9.88 Å². The van der Waals surface area contributed by atoms with Crippen molar-refractivity contribution >= 4 is 27.8 Å². The second-order valence-corrected chi connectivity index (χ2v) is 8.91. The Balaban J connectivity index is 1.80. The maximum atomic E-state index is 13.0. The van der Waals surface area contributed by atoms with E-state index < -0.39 is 5.60 Å². The van der Waals surface area contributed by atoms with Crippen molar-refractivity contribution in [3.63, 3.8) is 0 Å². The molecule has 1 aliphatic heterocycles. The molecule has 1 amide bonds. The van der Waals surface area contributed by atoms with Crippen LogP contribution in [0.4, 0.5) is 4.79 Å². The summed E-state index contributed by atoms with van der Waals surface area (Å²) >= 11 is 3.36. The topological polar surface area (TPSA) is 59.5 Å². The molecule has 0 N–H and O–H groups in total. The van der Waals surface area contributed by atoms with E-state index in [1.807, 2.05) is 39.8 Å². The Labute approximate surface area is 157 Å². The molecule has 6 heteroatoms. The van der Waals surface area contributed by atoms with E-state index in [9.17, 15) is 9.59 Å². The molecule has 0 radical (unpaired) electrons. The van der Waals surface area contributed by atoms with Gasteiger partial charge in [0.05, 0.1) is 18.2 Å². The summed E-state index contributed by atoms with van der Waals surface area (Å²) in [4.78, 5) is 31.9. The fourth-order valence-corrected chi connectivity index (χ4v) is 4.32. The van der Waals surface area contributed by atoms with Crippen LogP contribution in [0.15, 0.2) is 16.7 Å². The number of carbonyl (C=O) groups is 2. The minimum absolute atomic E-state index is 0.0618. The quantitative estimate of drug-likeness (QED) is 0.707. The average molecular weight is 409 g/mol. The van der Waals surface area contributed by atoms with E-state index in [1.54, 1.807) is 4.90 Å². The van der Waals surface area contributed by atoms with E-state index in [2.05, 4.69) is 20.9 Å². The number of amides is 1. The monoisotopic (exact) mass is 408 g/mol. The van der Waals surface area contributed by atoms with Gasteiger partial charge in [-0.2, -0.15) is 0 Å². The smallest absolute Gasteiger partial charge is 0.411 e. The molecule has 2 heterocycles. The Hall–Kier alpha value is -1.43. The molecule has 3 atom stereocenters. The summed E-state index contributed by atoms with van der Waals surface area (Å²) in [7, 11) is 0. The number of piperidine rings is 1. The van der Waals surface area contributed by atoms with Gasteiger partial charge in [0.25, 0.3) is 0 Å². The van der Waals surface area contributed by atoms with Gasteiger partial charge in [-0.25, -0.2) is 9.78 Å². The largest absolute Gasteiger partial charge is 0.444 e. The van der Waals surface area contributed by atoms with E-state index in [4.69, 9.17) is 4.74 Å². The molecule has 1 saturated carbocycles. The van der Waals surface area contributed by atoms with E-state index in [0.29, 0.717) is 0 Å². The number of likely N-dealkylation sites (tertiary alicyclic amines) is 1. The van der Waals surface area contributed by atoms with Crippen LogP contribution in [-0.4, -0.2) is 39.4 Å². The molecule has 1 aromatic rings. The van der Waals surface area contributed by atoms with Crippen LogP contribution >= 0.6 is 15.9 Å². The summed E-state index contributed by atoms with van der Waals surface area (Å²) in [5.74, 6) is 0.309. The third-order valence-corrected chi connectivity index (χ3v) is 5.47. The number of halogens is 1. The van der Waals surface area contributed by atoms with Crippen molar-refractivity contribution in [2.24, 2.45) is 5.92 Å². The minimum atomic E-state index is -0.561. The summed E-state index contributed by atoms with van der Waals surface area (Å²) < 4.78 is 6.28. The lowest BCUT2D eigenvalue weighted by Gasteiger charge is -2.35. The second-order valence-electron chi connectivity index (χ2n) is 8.10. The summed E-state index contributed by atoms with van der Waals surface area (Å²) in [5.41, 5.74) is 1.20. The summed E-state index contributed by atoms with van der Waals surface area (Å²) in [6, 6.07) is 3.57. The molecule has 1 aromatic heterocycles. The fraction of sp³-hybridized carbons (Fsp3) is 0.632. The zero-order valence-electron chi connectivity index (χ0n) is 15.2. The van der Waals surface area contributed by atoms with Crippen LogP contribution in [0.1, 0.15) is 51.3 Å². The highest BCUT2D eigenvalue weighted by molar-refractivity contribution is 9.10. The lowest BCUT2D eigenvalue weighted by Crippen LogP contribution is -2.51. The number of ketones is 1. The number of Topliss-reactive ketones (excluding diaryl/α,β-unsaturated/α-hetero) is 1. The standard InChI is InChI=1S/C19H25BrN2O3/c1-11-5-8-16(20)21-14(11)10-15(23)17-12-6-7-13(9-12)22(17)18(24)25-19(2,3)4/h5,8,12-13,17H,6-7,9-10H2,1-4H3/t12-,13+,17+/m1/s1. The maximum Gasteiger partial charge on any atom is 0.411 e. The van der Waals surface area contributed by atoms with Crippen LogP contribution < -0.4 is 0 Å². The highest BCUT2D eigenvalue weighted by atomic mass is 79.9. The number of hydrogen-bond acceptors (Lipinski definition) is 4. The predicted molar refractivity (Wildman–Crippen MR) is 98.4 cm³/mol. The van der Waals surface area contributed by atoms with E-state index in [-0.39, 0.29) is 36.3 Å². The van der Waals surface area contributed by atoms with Gasteiger partial charge in [0.1, 0.15) is 10.2 Å². The van der Waals surface area contributed by atoms with Crippen molar-refractivity contribution in [2.75, 3.05) is 0 Å². The molecule has 0 unspecified atom stereocenters. The molecule has 1 saturated heterocycles. The first-order valence-corrected chi connectivity index (χ1v) is 9.61. The number of carbonyl (C=O) groups excluding carboxylic acids is 2. The van der Waals surface area contributed by atoms with Crippen LogP contribution in [-0.2, 0) is 16.0 Å². The molecule has 0 aromatic carbocycles. The second kappa shape index (κ2) is 6.71. The molecule has 2 aliphatic rings. The number of ether oxygens (including phenoxy) is 1. The zero-order valence-corrected chi connectivity index (χ0v) is 16.8. The molecule has 25 heavy (non-hydrogen) atoms. The van der Waals surface area contributed by atoms with Crippen LogP contribution in [0.3, 0.4) is 0 Å². The summed E-state index contributed by atoms with van der Waals surface area (Å²) in [5, 5.41) is 0. The SMILES string of the molecule is Cc1ccc(Br)nc1CC(=O)[C@@H]1[C@@H]2CC[C@@H](C2)N1C(=O)OC(C)(C)C. The van der Waals surface area contributed by atoms with Gasteiger partial charge in [-0.05, 0) is 80.4 Å². The first-order valence-electron chi connectivity index (χ1n) is 8.82. The Morgan fingerprint density at radius 2 is 2.04 bits per heavy atom. The lowest BCUT2D eigenvalue weighted by molar-refractivity contribution is -0.125. The first-order chi connectivity index (χ1) is 11.7. The van der Waals surface area contributed by atoms with Gasteiger partial charge < -0.3 is 4.74 Å². The lowest BCUT2D eigenvalue weighted by atomic mass is 9.92. The number of nitrogens with zero attached hydrogens (tertiary/aromatic N) is 2. The maximum absolute atomic E-state index is 13.0. The van der Waals surface area contributed by atoms with Crippen molar-refractivity contribution in [2.45, 2.75) is 71.1 Å². The van der Waals surface area contributed by atoms with Gasteiger partial charge in [-0.3, -0.25) is 9.69 Å². The highest BCUT2D eigenvalue weighted by Crippen LogP contribution is 2.43. The summed E-state index contributed by atoms with van der Waals surface area (Å²) in [6.07, 6.45) is 2.75. The molecule has 3 rings (SSSR count). The van der Waals surface area contributed by atoms with Crippen LogP contribution in [0.2, 0.25) is 0 Å². The van der Waals surface area contributed by atoms with Crippen molar-refractivity contribution < 1.29 is 14.3 Å². The minimum Gasteiger partial charge on any atom is -0.444 e. The molecular weight excluding hydrogens is 384 g/mol. The molecule has 2 fully saturated rings. The van der Waals surface area contributed by atoms with Gasteiger partial charge in [-0.1, -0.05) is 6.07 Å². The third-order valence-electron chi connectivity index (χ3n) is 5.03. The molecule has 136 valence electrons. The first kappa shape index (κ1) is 18.4. The van der Waals surface area contributed by atoms with Gasteiger partial charge in [0, 0.05) is 6.04 Å². The van der Waals surface area contributed by atoms with Gasteiger partial charge in [0.2, 0.25) is 0 Å². The van der Waals surface area contributed by atoms with Gasteiger partial charge in [-0.15, -0.1) is 0 Å². The van der Waals surface area contributed by atoms with Crippen molar-refractivity contribution in [1.29, 1.82) is 0 Å². The summed E-state index contributed by atoms with van der Waals surface area (Å²) in [6.45, 7) is 7.51. The number of hydrogen-bond donors (Lipinski definition) is 0. The predicted octanol–water partition coefficient (Wildman–Crippen LogP) is 4.05. The molecule has 0 spiro atoms. The number of pyridine rings is 1. The Bertz CT molecular complexity index is 698. The molecule has 5 nitrogen and oxygen atoms in total.